The number of carbonyl (C=O) groups is 1. The van der Waals surface area contributed by atoms with Crippen molar-refractivity contribution in [3.05, 3.63) is 23.8 Å². The van der Waals surface area contributed by atoms with E-state index in [4.69, 9.17) is 10.2 Å². The van der Waals surface area contributed by atoms with Gasteiger partial charge in [-0.05, 0) is 20.3 Å². The average Bonchev–Trinajstić information content (AvgIpc) is 2.03. The summed E-state index contributed by atoms with van der Waals surface area (Å²) >= 11 is 0. The molecule has 0 amide bonds. The molecule has 0 aliphatic rings. The fraction of sp³-hybridized carbons (Fsp3) is 0.500. The average molecular weight is 184 g/mol. The van der Waals surface area contributed by atoms with Crippen molar-refractivity contribution in [1.82, 2.24) is 0 Å². The minimum atomic E-state index is -0.866. The summed E-state index contributed by atoms with van der Waals surface area (Å²) in [5, 5.41) is 17.5. The van der Waals surface area contributed by atoms with Gasteiger partial charge < -0.3 is 10.2 Å². The smallest absolute Gasteiger partial charge is 0.310 e. The van der Waals surface area contributed by atoms with E-state index in [0.29, 0.717) is 12.0 Å². The van der Waals surface area contributed by atoms with Crippen molar-refractivity contribution in [2.75, 3.05) is 6.61 Å². The third kappa shape index (κ3) is 4.48. The Hall–Kier alpha value is -1.09. The van der Waals surface area contributed by atoms with Crippen LogP contribution in [0.4, 0.5) is 0 Å². The lowest BCUT2D eigenvalue weighted by molar-refractivity contribution is -0.140. The highest BCUT2D eigenvalue weighted by atomic mass is 16.4. The Kier molecular flexibility index (Phi) is 5.07. The maximum absolute atomic E-state index is 10.7. The number of rotatable bonds is 5. The van der Waals surface area contributed by atoms with Crippen LogP contribution in [0.15, 0.2) is 23.8 Å². The van der Waals surface area contributed by atoms with Crippen LogP contribution < -0.4 is 0 Å². The molecule has 0 aliphatic carbocycles. The summed E-state index contributed by atoms with van der Waals surface area (Å²) in [4.78, 5) is 10.7. The largest absolute Gasteiger partial charge is 0.481 e. The van der Waals surface area contributed by atoms with Gasteiger partial charge in [-0.15, -0.1) is 0 Å². The standard InChI is InChI=1S/C10H16O3/c1-7(2)9(10(12)13)5-4-8(3)6-11/h4,9,11H,1,5-6H2,2-3H3,(H,12,13)/b8-4+. The third-order valence-corrected chi connectivity index (χ3v) is 1.84. The Bertz CT molecular complexity index is 214. The van der Waals surface area contributed by atoms with Crippen LogP contribution in [-0.4, -0.2) is 22.8 Å². The molecule has 0 aromatic heterocycles. The number of carboxylic acids is 1. The predicted molar refractivity (Wildman–Crippen MR) is 51.4 cm³/mol. The molecule has 0 aliphatic heterocycles. The first-order valence-corrected chi connectivity index (χ1v) is 4.13. The van der Waals surface area contributed by atoms with Crippen LogP contribution in [0.2, 0.25) is 0 Å². The fourth-order valence-electron chi connectivity index (χ4n) is 0.896. The number of hydrogen-bond acceptors (Lipinski definition) is 2. The molecule has 3 nitrogen and oxygen atoms in total. The summed E-state index contributed by atoms with van der Waals surface area (Å²) in [6.45, 7) is 7.04. The fourth-order valence-corrected chi connectivity index (χ4v) is 0.896. The molecule has 0 saturated carbocycles. The number of aliphatic carboxylic acids is 1. The molecule has 13 heavy (non-hydrogen) atoms. The van der Waals surface area contributed by atoms with Gasteiger partial charge in [0.2, 0.25) is 0 Å². The SMILES string of the molecule is C=C(C)C(C/C=C(\C)CO)C(=O)O. The Morgan fingerprint density at radius 3 is 2.38 bits per heavy atom. The first-order valence-electron chi connectivity index (χ1n) is 4.13. The van der Waals surface area contributed by atoms with Crippen LogP contribution in [0.25, 0.3) is 0 Å². The second-order valence-corrected chi connectivity index (χ2v) is 3.18. The van der Waals surface area contributed by atoms with Gasteiger partial charge in [0.25, 0.3) is 0 Å². The lowest BCUT2D eigenvalue weighted by Crippen LogP contribution is -2.13. The van der Waals surface area contributed by atoms with Crippen LogP contribution >= 0.6 is 0 Å². The van der Waals surface area contributed by atoms with Gasteiger partial charge in [0.15, 0.2) is 0 Å². The predicted octanol–water partition coefficient (Wildman–Crippen LogP) is 1.59. The molecule has 1 unspecified atom stereocenters. The van der Waals surface area contributed by atoms with Crippen LogP contribution in [0.5, 0.6) is 0 Å². The topological polar surface area (TPSA) is 57.5 Å². The minimum Gasteiger partial charge on any atom is -0.481 e. The zero-order valence-corrected chi connectivity index (χ0v) is 8.08. The van der Waals surface area contributed by atoms with E-state index in [9.17, 15) is 4.79 Å². The highest BCUT2D eigenvalue weighted by molar-refractivity contribution is 5.73. The highest BCUT2D eigenvalue weighted by Crippen LogP contribution is 2.14. The Morgan fingerprint density at radius 2 is 2.08 bits per heavy atom. The third-order valence-electron chi connectivity index (χ3n) is 1.84. The van der Waals surface area contributed by atoms with E-state index in [1.165, 1.54) is 0 Å². The molecule has 0 fully saturated rings. The van der Waals surface area contributed by atoms with Crippen LogP contribution in [0.1, 0.15) is 20.3 Å². The second kappa shape index (κ2) is 5.54. The molecule has 0 bridgehead atoms. The molecule has 0 aromatic rings. The summed E-state index contributed by atoms with van der Waals surface area (Å²) in [5.74, 6) is -1.41. The molecule has 0 spiro atoms. The summed E-state index contributed by atoms with van der Waals surface area (Å²) in [6, 6.07) is 0. The minimum absolute atomic E-state index is 0.0253. The number of carboxylic acid groups (broad SMARTS) is 1. The maximum atomic E-state index is 10.7. The molecule has 0 rings (SSSR count). The van der Waals surface area contributed by atoms with Gasteiger partial charge in [0, 0.05) is 0 Å². The van der Waals surface area contributed by atoms with Crippen molar-refractivity contribution in [3.8, 4) is 0 Å². The molecule has 0 heterocycles. The summed E-state index contributed by atoms with van der Waals surface area (Å²) in [7, 11) is 0. The molecule has 2 N–H and O–H groups in total. The van der Waals surface area contributed by atoms with Crippen molar-refractivity contribution in [2.24, 2.45) is 5.92 Å². The van der Waals surface area contributed by atoms with E-state index in [1.54, 1.807) is 19.9 Å². The van der Waals surface area contributed by atoms with E-state index in [2.05, 4.69) is 6.58 Å². The van der Waals surface area contributed by atoms with Gasteiger partial charge in [-0.3, -0.25) is 4.79 Å². The zero-order valence-electron chi connectivity index (χ0n) is 8.08. The highest BCUT2D eigenvalue weighted by Gasteiger charge is 2.16. The van der Waals surface area contributed by atoms with Gasteiger partial charge in [-0.2, -0.15) is 0 Å². The van der Waals surface area contributed by atoms with Gasteiger partial charge >= 0.3 is 5.97 Å². The van der Waals surface area contributed by atoms with Crippen molar-refractivity contribution in [2.45, 2.75) is 20.3 Å². The van der Waals surface area contributed by atoms with Crippen molar-refractivity contribution >= 4 is 5.97 Å². The normalized spacial score (nSPS) is 13.9. The number of aliphatic hydroxyl groups excluding tert-OH is 1. The molecular formula is C10H16O3. The van der Waals surface area contributed by atoms with Gasteiger partial charge in [0.05, 0.1) is 12.5 Å². The lowest BCUT2D eigenvalue weighted by Gasteiger charge is -2.09. The van der Waals surface area contributed by atoms with E-state index in [1.807, 2.05) is 0 Å². The lowest BCUT2D eigenvalue weighted by atomic mass is 9.97. The number of hydrogen-bond donors (Lipinski definition) is 2. The molecule has 0 saturated heterocycles. The Morgan fingerprint density at radius 1 is 1.54 bits per heavy atom. The zero-order chi connectivity index (χ0) is 10.4. The van der Waals surface area contributed by atoms with E-state index in [0.717, 1.165) is 5.57 Å². The molecule has 1 atom stereocenters. The monoisotopic (exact) mass is 184 g/mol. The Balaban J connectivity index is 4.28. The van der Waals surface area contributed by atoms with Crippen molar-refractivity contribution in [3.63, 3.8) is 0 Å². The van der Waals surface area contributed by atoms with Crippen molar-refractivity contribution in [1.29, 1.82) is 0 Å². The molecule has 3 heteroatoms. The van der Waals surface area contributed by atoms with Crippen LogP contribution in [0, 0.1) is 5.92 Å². The van der Waals surface area contributed by atoms with Gasteiger partial charge in [-0.25, -0.2) is 0 Å². The quantitative estimate of drug-likeness (QED) is 0.638. The summed E-state index contributed by atoms with van der Waals surface area (Å²) in [5.41, 5.74) is 1.42. The summed E-state index contributed by atoms with van der Waals surface area (Å²) < 4.78 is 0. The van der Waals surface area contributed by atoms with E-state index < -0.39 is 11.9 Å². The van der Waals surface area contributed by atoms with Gasteiger partial charge in [0.1, 0.15) is 0 Å². The number of aliphatic hydroxyl groups is 1. The van der Waals surface area contributed by atoms with Gasteiger partial charge in [-0.1, -0.05) is 23.8 Å². The van der Waals surface area contributed by atoms with Crippen LogP contribution in [0.3, 0.4) is 0 Å². The van der Waals surface area contributed by atoms with Crippen molar-refractivity contribution < 1.29 is 15.0 Å². The molecule has 0 radical (unpaired) electrons. The van der Waals surface area contributed by atoms with Crippen LogP contribution in [-0.2, 0) is 4.79 Å². The maximum Gasteiger partial charge on any atom is 0.310 e. The first kappa shape index (κ1) is 11.9. The Labute approximate surface area is 78.4 Å². The van der Waals surface area contributed by atoms with E-state index in [-0.39, 0.29) is 6.61 Å². The van der Waals surface area contributed by atoms with E-state index >= 15 is 0 Å². The first-order chi connectivity index (χ1) is 5.99. The number of allylic oxidation sites excluding steroid dienone is 1. The molecule has 0 aromatic carbocycles. The second-order valence-electron chi connectivity index (χ2n) is 3.18. The molecule has 74 valence electrons. The molecular weight excluding hydrogens is 168 g/mol. The summed E-state index contributed by atoms with van der Waals surface area (Å²) in [6.07, 6.45) is 2.13.